The van der Waals surface area contributed by atoms with Crippen molar-refractivity contribution in [3.8, 4) is 0 Å². The van der Waals surface area contributed by atoms with Crippen molar-refractivity contribution >= 4 is 29.5 Å². The third-order valence-electron chi connectivity index (χ3n) is 5.24. The van der Waals surface area contributed by atoms with E-state index >= 15 is 0 Å². The van der Waals surface area contributed by atoms with Crippen LogP contribution in [0.5, 0.6) is 0 Å². The summed E-state index contributed by atoms with van der Waals surface area (Å²) < 4.78 is 0. The van der Waals surface area contributed by atoms with Gasteiger partial charge in [0, 0.05) is 25.0 Å². The number of rotatable bonds is 7. The first-order valence-electron chi connectivity index (χ1n) is 9.30. The minimum absolute atomic E-state index is 0.0569. The maximum atomic E-state index is 12.7. The second kappa shape index (κ2) is 9.78. The van der Waals surface area contributed by atoms with Gasteiger partial charge in [-0.3, -0.25) is 9.59 Å². The molecule has 7 heteroatoms. The molecule has 2 rings (SSSR count). The lowest BCUT2D eigenvalue weighted by Gasteiger charge is -2.31. The number of thioether (sulfide) groups is 1. The van der Waals surface area contributed by atoms with Crippen LogP contribution in [0.3, 0.4) is 0 Å². The molecule has 1 fully saturated rings. The summed E-state index contributed by atoms with van der Waals surface area (Å²) >= 11 is 1.33. The number of benzene rings is 1. The normalized spacial score (nSPS) is 15.8. The van der Waals surface area contributed by atoms with Gasteiger partial charge in [0.25, 0.3) is 5.91 Å². The lowest BCUT2D eigenvalue weighted by molar-refractivity contribution is -0.141. The fraction of sp³-hybridized carbons (Fsp3) is 0.550. The summed E-state index contributed by atoms with van der Waals surface area (Å²) in [4.78, 5) is 40.1. The Labute approximate surface area is 164 Å². The zero-order chi connectivity index (χ0) is 20.0. The van der Waals surface area contributed by atoms with Crippen molar-refractivity contribution in [3.05, 3.63) is 29.8 Å². The molecule has 27 heavy (non-hydrogen) atoms. The topological polar surface area (TPSA) is 77.9 Å². The number of hydrogen-bond donors (Lipinski definition) is 1. The molecule has 1 N–H and O–H groups in total. The first kappa shape index (κ1) is 21.3. The average molecular weight is 393 g/mol. The van der Waals surface area contributed by atoms with Crippen LogP contribution in [0.2, 0.25) is 0 Å². The molecule has 0 aromatic heterocycles. The van der Waals surface area contributed by atoms with Crippen LogP contribution in [0.1, 0.15) is 49.4 Å². The number of hydrogen-bond acceptors (Lipinski definition) is 4. The van der Waals surface area contributed by atoms with Gasteiger partial charge in [0.1, 0.15) is 6.04 Å². The second-order valence-electron chi connectivity index (χ2n) is 7.01. The van der Waals surface area contributed by atoms with Crippen molar-refractivity contribution in [2.75, 3.05) is 19.8 Å². The molecule has 1 aliphatic carbocycles. The van der Waals surface area contributed by atoms with Gasteiger partial charge in [0.2, 0.25) is 5.91 Å². The Morgan fingerprint density at radius 3 is 2.41 bits per heavy atom. The molecule has 148 valence electrons. The monoisotopic (exact) mass is 392 g/mol. The molecule has 1 unspecified atom stereocenters. The van der Waals surface area contributed by atoms with Crippen LogP contribution >= 0.6 is 11.8 Å². The molecule has 0 aliphatic heterocycles. The van der Waals surface area contributed by atoms with E-state index in [1.165, 1.54) is 49.9 Å². The summed E-state index contributed by atoms with van der Waals surface area (Å²) in [6, 6.07) is 6.42. The summed E-state index contributed by atoms with van der Waals surface area (Å²) in [6.07, 6.45) is 5.69. The summed E-state index contributed by atoms with van der Waals surface area (Å²) in [6.45, 7) is 1.47. The molecule has 6 nitrogen and oxygen atoms in total. The Kier molecular flexibility index (Phi) is 7.71. The molecule has 0 heterocycles. The van der Waals surface area contributed by atoms with E-state index < -0.39 is 12.0 Å². The van der Waals surface area contributed by atoms with Crippen LogP contribution in [0.25, 0.3) is 0 Å². The van der Waals surface area contributed by atoms with Crippen molar-refractivity contribution in [1.82, 2.24) is 9.80 Å². The fourth-order valence-electron chi connectivity index (χ4n) is 3.21. The maximum Gasteiger partial charge on any atom is 0.326 e. The Bertz CT molecular complexity index is 688. The average Bonchev–Trinajstić information content (AvgIpc) is 2.70. The highest BCUT2D eigenvalue weighted by atomic mass is 32.2. The highest BCUT2D eigenvalue weighted by molar-refractivity contribution is 8.00. The van der Waals surface area contributed by atoms with Gasteiger partial charge in [0.15, 0.2) is 0 Å². The highest BCUT2D eigenvalue weighted by Crippen LogP contribution is 2.26. The van der Waals surface area contributed by atoms with Gasteiger partial charge in [-0.15, -0.1) is 11.8 Å². The molecule has 0 bridgehead atoms. The molecule has 0 radical (unpaired) electrons. The number of carboxylic acids is 1. The molecular formula is C20H28N2O4S. The smallest absolute Gasteiger partial charge is 0.326 e. The largest absolute Gasteiger partial charge is 0.480 e. The third-order valence-corrected chi connectivity index (χ3v) is 6.30. The Morgan fingerprint density at radius 2 is 1.78 bits per heavy atom. The number of likely N-dealkylation sites (N-methyl/N-ethyl adjacent to an activating group) is 1. The van der Waals surface area contributed by atoms with Crippen LogP contribution in [-0.4, -0.2) is 64.6 Å². The number of aliphatic carboxylic acids is 1. The van der Waals surface area contributed by atoms with E-state index in [1.54, 1.807) is 18.2 Å². The van der Waals surface area contributed by atoms with Crippen molar-refractivity contribution in [2.45, 2.75) is 56.0 Å². The van der Waals surface area contributed by atoms with E-state index in [-0.39, 0.29) is 17.6 Å². The predicted molar refractivity (Wildman–Crippen MR) is 106 cm³/mol. The second-order valence-corrected chi connectivity index (χ2v) is 8.03. The number of amides is 2. The lowest BCUT2D eigenvalue weighted by Crippen LogP contribution is -2.40. The molecule has 1 aliphatic rings. The molecular weight excluding hydrogens is 364 g/mol. The quantitative estimate of drug-likeness (QED) is 0.722. The van der Waals surface area contributed by atoms with Crippen molar-refractivity contribution in [1.29, 1.82) is 0 Å². The molecule has 1 aromatic carbocycles. The lowest BCUT2D eigenvalue weighted by atomic mass is 9.94. The van der Waals surface area contributed by atoms with Gasteiger partial charge >= 0.3 is 5.97 Å². The number of carbonyl (C=O) groups is 3. The minimum atomic E-state index is -1.06. The predicted octanol–water partition coefficient (Wildman–Crippen LogP) is 3.11. The van der Waals surface area contributed by atoms with Crippen molar-refractivity contribution in [2.24, 2.45) is 0 Å². The highest BCUT2D eigenvalue weighted by Gasteiger charge is 2.26. The van der Waals surface area contributed by atoms with E-state index in [2.05, 4.69) is 0 Å². The summed E-state index contributed by atoms with van der Waals surface area (Å²) in [5.74, 6) is -1.10. The Morgan fingerprint density at radius 1 is 1.15 bits per heavy atom. The molecule has 0 spiro atoms. The first-order valence-corrected chi connectivity index (χ1v) is 10.3. The van der Waals surface area contributed by atoms with Crippen molar-refractivity contribution in [3.63, 3.8) is 0 Å². The minimum Gasteiger partial charge on any atom is -0.480 e. The van der Waals surface area contributed by atoms with Crippen LogP contribution in [-0.2, 0) is 9.59 Å². The molecule has 1 atom stereocenters. The van der Waals surface area contributed by atoms with Crippen LogP contribution < -0.4 is 0 Å². The van der Waals surface area contributed by atoms with Gasteiger partial charge in [0.05, 0.1) is 11.3 Å². The maximum absolute atomic E-state index is 12.7. The standard InChI is InChI=1S/C20H28N2O4S/c1-14(20(25)26)21(2)19(24)16-11-7-8-12-17(16)27-13-18(23)22(3)15-9-5-4-6-10-15/h7-8,11-12,14-15H,4-6,9-10,13H2,1-3H3,(H,25,26). The van der Waals surface area contributed by atoms with Crippen LogP contribution in [0.4, 0.5) is 0 Å². The molecule has 1 saturated carbocycles. The Balaban J connectivity index is 2.03. The van der Waals surface area contributed by atoms with Crippen LogP contribution in [0.15, 0.2) is 29.2 Å². The number of nitrogens with zero attached hydrogens (tertiary/aromatic N) is 2. The van der Waals surface area contributed by atoms with E-state index in [9.17, 15) is 14.4 Å². The fourth-order valence-corrected chi connectivity index (χ4v) is 4.18. The summed E-state index contributed by atoms with van der Waals surface area (Å²) in [5.41, 5.74) is 0.422. The van der Waals surface area contributed by atoms with Gasteiger partial charge < -0.3 is 14.9 Å². The summed E-state index contributed by atoms with van der Waals surface area (Å²) in [7, 11) is 3.34. The molecule has 2 amide bonds. The SMILES string of the molecule is CC(C(=O)O)N(C)C(=O)c1ccccc1SCC(=O)N(C)C1CCCCC1. The third kappa shape index (κ3) is 5.48. The van der Waals surface area contributed by atoms with E-state index in [0.717, 1.165) is 12.8 Å². The molecule has 1 aromatic rings. The van der Waals surface area contributed by atoms with Crippen molar-refractivity contribution < 1.29 is 19.5 Å². The van der Waals surface area contributed by atoms with E-state index in [1.807, 2.05) is 18.0 Å². The zero-order valence-corrected chi connectivity index (χ0v) is 17.0. The van der Waals surface area contributed by atoms with Gasteiger partial charge in [-0.2, -0.15) is 0 Å². The van der Waals surface area contributed by atoms with Gasteiger partial charge in [-0.25, -0.2) is 4.79 Å². The van der Waals surface area contributed by atoms with Gasteiger partial charge in [-0.05, 0) is 31.9 Å². The van der Waals surface area contributed by atoms with Gasteiger partial charge in [-0.1, -0.05) is 31.4 Å². The summed E-state index contributed by atoms with van der Waals surface area (Å²) in [5, 5.41) is 9.13. The molecule has 0 saturated heterocycles. The van der Waals surface area contributed by atoms with E-state index in [0.29, 0.717) is 16.5 Å². The number of carbonyl (C=O) groups excluding carboxylic acids is 2. The van der Waals surface area contributed by atoms with E-state index in [4.69, 9.17) is 5.11 Å². The zero-order valence-electron chi connectivity index (χ0n) is 16.2. The number of carboxylic acid groups (broad SMARTS) is 1. The first-order chi connectivity index (χ1) is 12.8. The van der Waals surface area contributed by atoms with Crippen LogP contribution in [0, 0.1) is 0 Å². The Hall–Kier alpha value is -2.02.